The molecule has 1 aromatic carbocycles. The van der Waals surface area contributed by atoms with Gasteiger partial charge < -0.3 is 19.5 Å². The first-order valence-corrected chi connectivity index (χ1v) is 10.8. The maximum absolute atomic E-state index is 13.0. The van der Waals surface area contributed by atoms with E-state index in [-0.39, 0.29) is 36.5 Å². The number of hydrogen-bond acceptors (Lipinski definition) is 4. The van der Waals surface area contributed by atoms with Crippen molar-refractivity contribution in [2.75, 3.05) is 13.2 Å². The summed E-state index contributed by atoms with van der Waals surface area (Å²) in [6, 6.07) is 10.2. The summed E-state index contributed by atoms with van der Waals surface area (Å²) in [5.41, 5.74) is 2.38. The van der Waals surface area contributed by atoms with E-state index < -0.39 is 0 Å². The molecular formula is C23H30N4O3. The van der Waals surface area contributed by atoms with Gasteiger partial charge in [0.05, 0.1) is 11.7 Å². The molecule has 2 aliphatic heterocycles. The molecule has 0 spiro atoms. The molecule has 7 heteroatoms. The van der Waals surface area contributed by atoms with Gasteiger partial charge in [-0.15, -0.1) is 0 Å². The number of ether oxygens (including phenoxy) is 1. The first-order valence-electron chi connectivity index (χ1n) is 10.8. The largest absolute Gasteiger partial charge is 0.372 e. The van der Waals surface area contributed by atoms with Gasteiger partial charge in [0.15, 0.2) is 0 Å². The molecule has 0 saturated carbocycles. The van der Waals surface area contributed by atoms with Crippen LogP contribution in [0.5, 0.6) is 0 Å². The number of amides is 2. The van der Waals surface area contributed by atoms with Crippen molar-refractivity contribution < 1.29 is 14.3 Å². The molecule has 30 heavy (non-hydrogen) atoms. The van der Waals surface area contributed by atoms with Gasteiger partial charge in [0, 0.05) is 37.2 Å². The molecule has 0 unspecified atom stereocenters. The Morgan fingerprint density at radius 2 is 1.93 bits per heavy atom. The molecule has 1 fully saturated rings. The molecule has 1 N–H and O–H groups in total. The van der Waals surface area contributed by atoms with E-state index in [1.165, 1.54) is 0 Å². The molecular weight excluding hydrogens is 380 g/mol. The number of carbonyl (C=O) groups excluding carboxylic acids is 2. The lowest BCUT2D eigenvalue weighted by atomic mass is 10.0. The van der Waals surface area contributed by atoms with Crippen molar-refractivity contribution in [1.29, 1.82) is 0 Å². The van der Waals surface area contributed by atoms with E-state index >= 15 is 0 Å². The zero-order chi connectivity index (χ0) is 21.3. The Morgan fingerprint density at radius 1 is 1.20 bits per heavy atom. The second-order valence-electron chi connectivity index (χ2n) is 8.36. The van der Waals surface area contributed by atoms with E-state index in [0.717, 1.165) is 29.9 Å². The minimum absolute atomic E-state index is 0.0292. The monoisotopic (exact) mass is 410 g/mol. The summed E-state index contributed by atoms with van der Waals surface area (Å²) in [6.07, 6.45) is 2.54. The Balaban J connectivity index is 1.74. The third kappa shape index (κ3) is 3.86. The Kier molecular flexibility index (Phi) is 5.90. The van der Waals surface area contributed by atoms with Gasteiger partial charge >= 0.3 is 0 Å². The van der Waals surface area contributed by atoms with Gasteiger partial charge in [0.1, 0.15) is 18.1 Å². The fourth-order valence-corrected chi connectivity index (χ4v) is 4.66. The number of nitrogens with zero attached hydrogens (tertiary/aromatic N) is 3. The summed E-state index contributed by atoms with van der Waals surface area (Å²) < 4.78 is 7.56. The summed E-state index contributed by atoms with van der Waals surface area (Å²) >= 11 is 0. The van der Waals surface area contributed by atoms with Crippen molar-refractivity contribution in [2.45, 2.75) is 64.7 Å². The first kappa shape index (κ1) is 20.6. The van der Waals surface area contributed by atoms with E-state index in [1.807, 2.05) is 56.0 Å². The Hall–Kier alpha value is -2.67. The zero-order valence-corrected chi connectivity index (χ0v) is 17.9. The fourth-order valence-electron chi connectivity index (χ4n) is 4.66. The molecule has 2 atom stereocenters. The third-order valence-electron chi connectivity index (χ3n) is 5.90. The van der Waals surface area contributed by atoms with Gasteiger partial charge in [-0.05, 0) is 33.6 Å². The van der Waals surface area contributed by atoms with Gasteiger partial charge in [-0.3, -0.25) is 9.59 Å². The second-order valence-corrected chi connectivity index (χ2v) is 8.36. The van der Waals surface area contributed by atoms with Gasteiger partial charge in [-0.1, -0.05) is 30.3 Å². The highest BCUT2D eigenvalue weighted by molar-refractivity contribution is 5.94. The number of rotatable bonds is 6. The van der Waals surface area contributed by atoms with Crippen molar-refractivity contribution in [3.05, 3.63) is 41.7 Å². The van der Waals surface area contributed by atoms with E-state index in [0.29, 0.717) is 25.3 Å². The highest BCUT2D eigenvalue weighted by atomic mass is 16.5. The average molecular weight is 411 g/mol. The van der Waals surface area contributed by atoms with Gasteiger partial charge in [-0.25, -0.2) is 4.98 Å². The Bertz CT molecular complexity index is 922. The van der Waals surface area contributed by atoms with Crippen LogP contribution in [0.15, 0.2) is 30.3 Å². The summed E-state index contributed by atoms with van der Waals surface area (Å²) in [5, 5.41) is 2.99. The zero-order valence-electron chi connectivity index (χ0n) is 17.9. The van der Waals surface area contributed by atoms with E-state index in [2.05, 4.69) is 9.88 Å². The molecule has 7 nitrogen and oxygen atoms in total. The maximum Gasteiger partial charge on any atom is 0.271 e. The number of nitrogens with one attached hydrogen (secondary N) is 1. The quantitative estimate of drug-likeness (QED) is 0.794. The van der Waals surface area contributed by atoms with Crippen molar-refractivity contribution in [2.24, 2.45) is 0 Å². The van der Waals surface area contributed by atoms with Crippen LogP contribution in [0, 0.1) is 0 Å². The van der Waals surface area contributed by atoms with Crippen LogP contribution in [0.1, 0.15) is 49.8 Å². The molecule has 1 aromatic heterocycles. The molecule has 3 heterocycles. The van der Waals surface area contributed by atoms with Gasteiger partial charge in [-0.2, -0.15) is 0 Å². The second kappa shape index (κ2) is 8.60. The molecule has 0 aliphatic carbocycles. The van der Waals surface area contributed by atoms with Crippen LogP contribution in [-0.2, 0) is 22.5 Å². The summed E-state index contributed by atoms with van der Waals surface area (Å²) in [5.74, 6) is 0.683. The molecule has 2 bridgehead atoms. The Morgan fingerprint density at radius 3 is 2.63 bits per heavy atom. The lowest BCUT2D eigenvalue weighted by Crippen LogP contribution is -2.44. The van der Waals surface area contributed by atoms with Crippen LogP contribution < -0.4 is 5.32 Å². The predicted molar refractivity (Wildman–Crippen MR) is 114 cm³/mol. The first-order chi connectivity index (χ1) is 14.5. The average Bonchev–Trinajstić information content (AvgIpc) is 3.22. The highest BCUT2D eigenvalue weighted by Gasteiger charge is 2.42. The number of imidazole rings is 1. The minimum Gasteiger partial charge on any atom is -0.372 e. The molecule has 160 valence electrons. The highest BCUT2D eigenvalue weighted by Crippen LogP contribution is 2.35. The lowest BCUT2D eigenvalue weighted by molar-refractivity contribution is -0.138. The molecule has 4 rings (SSSR count). The number of fused-ring (bicyclic) bond motifs is 3. The summed E-state index contributed by atoms with van der Waals surface area (Å²) in [6.45, 7) is 7.07. The smallest absolute Gasteiger partial charge is 0.271 e. The van der Waals surface area contributed by atoms with Crippen molar-refractivity contribution in [3.8, 4) is 11.4 Å². The van der Waals surface area contributed by atoms with Crippen LogP contribution in [0.2, 0.25) is 0 Å². The topological polar surface area (TPSA) is 76.5 Å². The van der Waals surface area contributed by atoms with Crippen LogP contribution >= 0.6 is 0 Å². The molecule has 1 saturated heterocycles. The lowest BCUT2D eigenvalue weighted by Gasteiger charge is -2.28. The van der Waals surface area contributed by atoms with Crippen LogP contribution in [0.4, 0.5) is 0 Å². The minimum atomic E-state index is -0.152. The third-order valence-corrected chi connectivity index (χ3v) is 5.90. The maximum atomic E-state index is 13.0. The van der Waals surface area contributed by atoms with Crippen LogP contribution in [-0.4, -0.2) is 57.6 Å². The number of hydrogen-bond donors (Lipinski definition) is 1. The van der Waals surface area contributed by atoms with E-state index in [1.54, 1.807) is 0 Å². The SMILES string of the molecule is CCOCC(=O)N1[C@@H]2CC[C@H]1Cc1c(C(=O)NC(C)C)nc(-c3ccccc3)n1C2. The fraction of sp³-hybridized carbons (Fsp3) is 0.522. The summed E-state index contributed by atoms with van der Waals surface area (Å²) in [7, 11) is 0. The Labute approximate surface area is 177 Å². The normalized spacial score (nSPS) is 20.2. The van der Waals surface area contributed by atoms with E-state index in [9.17, 15) is 9.59 Å². The standard InChI is InChI=1S/C23H30N4O3/c1-4-30-14-20(28)27-17-10-11-18(27)13-26-19(12-17)21(23(29)24-15(2)3)25-22(26)16-8-6-5-7-9-16/h5-9,15,17-18H,4,10-14H2,1-3H3,(H,24,29)/t17-,18+/m0/s1. The predicted octanol–water partition coefficient (Wildman–Crippen LogP) is 2.64. The number of aromatic nitrogens is 2. The molecule has 2 amide bonds. The van der Waals surface area contributed by atoms with Crippen molar-refractivity contribution >= 4 is 11.8 Å². The van der Waals surface area contributed by atoms with E-state index in [4.69, 9.17) is 9.72 Å². The van der Waals surface area contributed by atoms with Crippen LogP contribution in [0.25, 0.3) is 11.4 Å². The molecule has 2 aromatic rings. The molecule has 2 aliphatic rings. The number of benzene rings is 1. The van der Waals surface area contributed by atoms with Crippen molar-refractivity contribution in [3.63, 3.8) is 0 Å². The molecule has 0 radical (unpaired) electrons. The number of carbonyl (C=O) groups is 2. The van der Waals surface area contributed by atoms with Crippen molar-refractivity contribution in [1.82, 2.24) is 19.8 Å². The van der Waals surface area contributed by atoms with Crippen LogP contribution in [0.3, 0.4) is 0 Å². The summed E-state index contributed by atoms with van der Waals surface area (Å²) in [4.78, 5) is 32.6. The van der Waals surface area contributed by atoms with Gasteiger partial charge in [0.2, 0.25) is 5.91 Å². The van der Waals surface area contributed by atoms with Gasteiger partial charge in [0.25, 0.3) is 5.91 Å².